The lowest BCUT2D eigenvalue weighted by Crippen LogP contribution is -2.47. The standard InChI is InChI=1S/C14H19NO4/c1-14(13(17)18)6-3-7-15(14)9-10-4-5-12(19-2)11(16)8-10/h4-5,8,16H,3,6-7,9H2,1-2H3,(H,17,18). The van der Waals surface area contributed by atoms with E-state index in [1.165, 1.54) is 7.11 Å². The van der Waals surface area contributed by atoms with Gasteiger partial charge in [0.15, 0.2) is 11.5 Å². The third-order valence-corrected chi connectivity index (χ3v) is 3.87. The Balaban J connectivity index is 2.17. The molecule has 0 aliphatic carbocycles. The summed E-state index contributed by atoms with van der Waals surface area (Å²) in [5, 5.41) is 19.1. The van der Waals surface area contributed by atoms with Crippen molar-refractivity contribution < 1.29 is 19.7 Å². The van der Waals surface area contributed by atoms with E-state index in [4.69, 9.17) is 4.74 Å². The predicted octanol–water partition coefficient (Wildman–Crippen LogP) is 1.84. The average molecular weight is 265 g/mol. The normalized spacial score (nSPS) is 23.5. The van der Waals surface area contributed by atoms with E-state index < -0.39 is 11.5 Å². The van der Waals surface area contributed by atoms with Gasteiger partial charge in [0.25, 0.3) is 0 Å². The third kappa shape index (κ3) is 2.51. The summed E-state index contributed by atoms with van der Waals surface area (Å²) >= 11 is 0. The smallest absolute Gasteiger partial charge is 0.323 e. The third-order valence-electron chi connectivity index (χ3n) is 3.87. The second kappa shape index (κ2) is 5.09. The van der Waals surface area contributed by atoms with Gasteiger partial charge < -0.3 is 14.9 Å². The fraction of sp³-hybridized carbons (Fsp3) is 0.500. The lowest BCUT2D eigenvalue weighted by atomic mass is 9.99. The first kappa shape index (κ1) is 13.7. The maximum Gasteiger partial charge on any atom is 0.323 e. The van der Waals surface area contributed by atoms with Crippen molar-refractivity contribution >= 4 is 5.97 Å². The molecular formula is C14H19NO4. The number of carboxylic acid groups (broad SMARTS) is 1. The highest BCUT2D eigenvalue weighted by atomic mass is 16.5. The van der Waals surface area contributed by atoms with Gasteiger partial charge >= 0.3 is 5.97 Å². The molecule has 1 atom stereocenters. The number of phenolic OH excluding ortho intramolecular Hbond substituents is 1. The fourth-order valence-corrected chi connectivity index (χ4v) is 2.57. The number of hydrogen-bond acceptors (Lipinski definition) is 4. The number of carbonyl (C=O) groups is 1. The van der Waals surface area contributed by atoms with Gasteiger partial charge in [0, 0.05) is 6.54 Å². The van der Waals surface area contributed by atoms with Gasteiger partial charge in [-0.05, 0) is 44.0 Å². The van der Waals surface area contributed by atoms with Gasteiger partial charge in [0.2, 0.25) is 0 Å². The number of aromatic hydroxyl groups is 1. The average Bonchev–Trinajstić information content (AvgIpc) is 2.73. The van der Waals surface area contributed by atoms with E-state index in [0.717, 1.165) is 18.5 Å². The molecule has 19 heavy (non-hydrogen) atoms. The number of ether oxygens (including phenoxy) is 1. The Morgan fingerprint density at radius 1 is 1.53 bits per heavy atom. The largest absolute Gasteiger partial charge is 0.504 e. The number of methoxy groups -OCH3 is 1. The molecule has 0 amide bonds. The fourth-order valence-electron chi connectivity index (χ4n) is 2.57. The van der Waals surface area contributed by atoms with Crippen molar-refractivity contribution in [1.82, 2.24) is 4.90 Å². The summed E-state index contributed by atoms with van der Waals surface area (Å²) in [5.41, 5.74) is 0.0721. The predicted molar refractivity (Wildman–Crippen MR) is 70.3 cm³/mol. The van der Waals surface area contributed by atoms with E-state index >= 15 is 0 Å². The minimum absolute atomic E-state index is 0.0798. The molecule has 0 radical (unpaired) electrons. The molecule has 2 N–H and O–H groups in total. The highest BCUT2D eigenvalue weighted by molar-refractivity contribution is 5.78. The van der Waals surface area contributed by atoms with Crippen LogP contribution >= 0.6 is 0 Å². The Morgan fingerprint density at radius 3 is 2.84 bits per heavy atom. The van der Waals surface area contributed by atoms with Gasteiger partial charge in [-0.1, -0.05) is 6.07 Å². The van der Waals surface area contributed by atoms with Crippen molar-refractivity contribution in [2.75, 3.05) is 13.7 Å². The molecule has 1 saturated heterocycles. The minimum atomic E-state index is -0.810. The van der Waals surface area contributed by atoms with Gasteiger partial charge in [-0.25, -0.2) is 0 Å². The van der Waals surface area contributed by atoms with Gasteiger partial charge in [-0.2, -0.15) is 0 Å². The maximum atomic E-state index is 11.4. The zero-order valence-corrected chi connectivity index (χ0v) is 11.2. The molecule has 1 unspecified atom stereocenters. The van der Waals surface area contributed by atoms with Crippen LogP contribution < -0.4 is 4.74 Å². The van der Waals surface area contributed by atoms with Gasteiger partial charge in [-0.3, -0.25) is 9.69 Å². The highest BCUT2D eigenvalue weighted by Gasteiger charge is 2.43. The molecule has 1 fully saturated rings. The molecule has 0 bridgehead atoms. The Hall–Kier alpha value is -1.75. The quantitative estimate of drug-likeness (QED) is 0.869. The number of aliphatic carboxylic acids is 1. The summed E-state index contributed by atoms with van der Waals surface area (Å²) < 4.78 is 4.99. The first-order chi connectivity index (χ1) is 8.97. The second-order valence-corrected chi connectivity index (χ2v) is 5.11. The van der Waals surface area contributed by atoms with Crippen LogP contribution in [0.1, 0.15) is 25.3 Å². The first-order valence-corrected chi connectivity index (χ1v) is 6.31. The Bertz CT molecular complexity index is 488. The molecule has 5 nitrogen and oxygen atoms in total. The lowest BCUT2D eigenvalue weighted by Gasteiger charge is -2.31. The van der Waals surface area contributed by atoms with Crippen LogP contribution in [-0.2, 0) is 11.3 Å². The van der Waals surface area contributed by atoms with Gasteiger partial charge in [0.1, 0.15) is 5.54 Å². The number of likely N-dealkylation sites (tertiary alicyclic amines) is 1. The molecule has 1 aliphatic heterocycles. The molecular weight excluding hydrogens is 246 g/mol. The van der Waals surface area contributed by atoms with Crippen LogP contribution in [0.4, 0.5) is 0 Å². The summed E-state index contributed by atoms with van der Waals surface area (Å²) in [5.74, 6) is -0.287. The summed E-state index contributed by atoms with van der Waals surface area (Å²) in [4.78, 5) is 13.3. The monoisotopic (exact) mass is 265 g/mol. The van der Waals surface area contributed by atoms with Crippen molar-refractivity contribution in [2.24, 2.45) is 0 Å². The molecule has 1 aliphatic rings. The zero-order valence-electron chi connectivity index (χ0n) is 11.2. The molecule has 5 heteroatoms. The molecule has 0 spiro atoms. The van der Waals surface area contributed by atoms with E-state index in [1.807, 2.05) is 11.0 Å². The van der Waals surface area contributed by atoms with Gasteiger partial charge in [-0.15, -0.1) is 0 Å². The van der Waals surface area contributed by atoms with Crippen LogP contribution in [-0.4, -0.2) is 40.3 Å². The minimum Gasteiger partial charge on any atom is -0.504 e. The van der Waals surface area contributed by atoms with Crippen LogP contribution in [0.15, 0.2) is 18.2 Å². The molecule has 0 aromatic heterocycles. The van der Waals surface area contributed by atoms with E-state index in [2.05, 4.69) is 0 Å². The van der Waals surface area contributed by atoms with E-state index in [0.29, 0.717) is 18.7 Å². The van der Waals surface area contributed by atoms with E-state index in [1.54, 1.807) is 19.1 Å². The molecule has 0 saturated carbocycles. The SMILES string of the molecule is COc1ccc(CN2CCCC2(C)C(=O)O)cc1O. The second-order valence-electron chi connectivity index (χ2n) is 5.11. The van der Waals surface area contributed by atoms with Crippen LogP contribution in [0.25, 0.3) is 0 Å². The number of rotatable bonds is 4. The number of hydrogen-bond donors (Lipinski definition) is 2. The molecule has 104 valence electrons. The summed E-state index contributed by atoms with van der Waals surface area (Å²) in [6.07, 6.45) is 1.54. The van der Waals surface area contributed by atoms with Crippen LogP contribution in [0.5, 0.6) is 11.5 Å². The molecule has 1 heterocycles. The van der Waals surface area contributed by atoms with Crippen molar-refractivity contribution in [3.63, 3.8) is 0 Å². The molecule has 1 aromatic carbocycles. The van der Waals surface area contributed by atoms with Crippen LogP contribution in [0.3, 0.4) is 0 Å². The first-order valence-electron chi connectivity index (χ1n) is 6.31. The maximum absolute atomic E-state index is 11.4. The summed E-state index contributed by atoms with van der Waals surface area (Å²) in [7, 11) is 1.50. The number of benzene rings is 1. The highest BCUT2D eigenvalue weighted by Crippen LogP contribution is 2.32. The van der Waals surface area contributed by atoms with Crippen LogP contribution in [0.2, 0.25) is 0 Å². The molecule has 2 rings (SSSR count). The zero-order chi connectivity index (χ0) is 14.0. The van der Waals surface area contributed by atoms with Crippen molar-refractivity contribution in [1.29, 1.82) is 0 Å². The van der Waals surface area contributed by atoms with Crippen molar-refractivity contribution in [2.45, 2.75) is 31.8 Å². The Labute approximate surface area is 112 Å². The van der Waals surface area contributed by atoms with E-state index in [9.17, 15) is 15.0 Å². The Morgan fingerprint density at radius 2 is 2.26 bits per heavy atom. The number of carboxylic acids is 1. The molecule has 1 aromatic rings. The lowest BCUT2D eigenvalue weighted by molar-refractivity contribution is -0.148. The summed E-state index contributed by atoms with van der Waals surface area (Å²) in [6.45, 7) is 3.03. The van der Waals surface area contributed by atoms with Crippen molar-refractivity contribution in [3.8, 4) is 11.5 Å². The number of nitrogens with zero attached hydrogens (tertiary/aromatic N) is 1. The number of phenols is 1. The topological polar surface area (TPSA) is 70.0 Å². The van der Waals surface area contributed by atoms with Crippen molar-refractivity contribution in [3.05, 3.63) is 23.8 Å². The van der Waals surface area contributed by atoms with Crippen LogP contribution in [0, 0.1) is 0 Å². The van der Waals surface area contributed by atoms with Gasteiger partial charge in [0.05, 0.1) is 7.11 Å². The summed E-state index contributed by atoms with van der Waals surface area (Å²) in [6, 6.07) is 5.16. The Kier molecular flexibility index (Phi) is 3.66. The van der Waals surface area contributed by atoms with E-state index in [-0.39, 0.29) is 5.75 Å².